The molecule has 0 saturated heterocycles. The van der Waals surface area contributed by atoms with Gasteiger partial charge >= 0.3 is 0 Å². The molecule has 2 nitrogen and oxygen atoms in total. The second-order valence-corrected chi connectivity index (χ2v) is 3.97. The zero-order chi connectivity index (χ0) is 12.3. The van der Waals surface area contributed by atoms with Gasteiger partial charge in [-0.05, 0) is 37.7 Å². The van der Waals surface area contributed by atoms with Crippen LogP contribution in [0.15, 0.2) is 42.6 Å². The fourth-order valence-corrected chi connectivity index (χ4v) is 1.96. The Morgan fingerprint density at radius 2 is 2.00 bits per heavy atom. The molecular formula is C14H15FN2. The second kappa shape index (κ2) is 5.06. The predicted molar refractivity (Wildman–Crippen MR) is 66.3 cm³/mol. The van der Waals surface area contributed by atoms with Crippen molar-refractivity contribution in [1.29, 1.82) is 0 Å². The quantitative estimate of drug-likeness (QED) is 0.877. The highest BCUT2D eigenvalue weighted by molar-refractivity contribution is 5.32. The summed E-state index contributed by atoms with van der Waals surface area (Å²) in [5.41, 5.74) is 2.60. The van der Waals surface area contributed by atoms with Gasteiger partial charge in [-0.25, -0.2) is 4.39 Å². The van der Waals surface area contributed by atoms with Crippen molar-refractivity contribution in [3.8, 4) is 0 Å². The third-order valence-corrected chi connectivity index (χ3v) is 2.76. The van der Waals surface area contributed by atoms with Gasteiger partial charge in [-0.2, -0.15) is 0 Å². The molecule has 2 aromatic rings. The molecule has 0 spiro atoms. The summed E-state index contributed by atoms with van der Waals surface area (Å²) < 4.78 is 13.8. The van der Waals surface area contributed by atoms with Gasteiger partial charge in [-0.1, -0.05) is 18.2 Å². The first-order valence-electron chi connectivity index (χ1n) is 5.56. The van der Waals surface area contributed by atoms with Gasteiger partial charge in [0.2, 0.25) is 0 Å². The van der Waals surface area contributed by atoms with Gasteiger partial charge < -0.3 is 5.32 Å². The van der Waals surface area contributed by atoms with Gasteiger partial charge in [-0.15, -0.1) is 0 Å². The average molecular weight is 230 g/mol. The number of aryl methyl sites for hydroxylation is 1. The SMILES string of the molecule is CNC(c1ccnc(C)c1)c1ccccc1F. The summed E-state index contributed by atoms with van der Waals surface area (Å²) in [6, 6.07) is 10.5. The normalized spacial score (nSPS) is 12.4. The van der Waals surface area contributed by atoms with Crippen LogP contribution in [-0.2, 0) is 0 Å². The number of nitrogens with zero attached hydrogens (tertiary/aromatic N) is 1. The van der Waals surface area contributed by atoms with E-state index in [0.29, 0.717) is 5.56 Å². The maximum Gasteiger partial charge on any atom is 0.128 e. The molecule has 88 valence electrons. The lowest BCUT2D eigenvalue weighted by Gasteiger charge is -2.18. The number of nitrogens with one attached hydrogen (secondary N) is 1. The molecule has 0 fully saturated rings. The Labute approximate surface area is 101 Å². The lowest BCUT2D eigenvalue weighted by atomic mass is 9.99. The maximum absolute atomic E-state index is 13.8. The Kier molecular flexibility index (Phi) is 3.49. The van der Waals surface area contributed by atoms with Crippen LogP contribution in [0.25, 0.3) is 0 Å². The molecule has 3 heteroatoms. The smallest absolute Gasteiger partial charge is 0.128 e. The van der Waals surface area contributed by atoms with E-state index in [2.05, 4.69) is 10.3 Å². The summed E-state index contributed by atoms with van der Waals surface area (Å²) in [6.07, 6.45) is 1.75. The Morgan fingerprint density at radius 3 is 2.65 bits per heavy atom. The molecule has 1 N–H and O–H groups in total. The molecule has 0 amide bonds. The van der Waals surface area contributed by atoms with Gasteiger partial charge in [0.1, 0.15) is 5.82 Å². The van der Waals surface area contributed by atoms with E-state index in [9.17, 15) is 4.39 Å². The van der Waals surface area contributed by atoms with Gasteiger partial charge in [0, 0.05) is 17.5 Å². The van der Waals surface area contributed by atoms with Crippen LogP contribution < -0.4 is 5.32 Å². The van der Waals surface area contributed by atoms with E-state index >= 15 is 0 Å². The Morgan fingerprint density at radius 1 is 1.24 bits per heavy atom. The molecule has 1 aromatic carbocycles. The number of hydrogen-bond acceptors (Lipinski definition) is 2. The first-order chi connectivity index (χ1) is 8.22. The molecule has 0 saturated carbocycles. The van der Waals surface area contributed by atoms with Crippen molar-refractivity contribution in [1.82, 2.24) is 10.3 Å². The van der Waals surface area contributed by atoms with Crippen molar-refractivity contribution in [3.05, 3.63) is 65.2 Å². The van der Waals surface area contributed by atoms with Crippen LogP contribution in [0.4, 0.5) is 4.39 Å². The van der Waals surface area contributed by atoms with E-state index in [1.54, 1.807) is 18.3 Å². The average Bonchev–Trinajstić information content (AvgIpc) is 2.33. The number of benzene rings is 1. The van der Waals surface area contributed by atoms with Gasteiger partial charge in [0.15, 0.2) is 0 Å². The molecule has 0 aliphatic rings. The largest absolute Gasteiger partial charge is 0.309 e. The molecule has 2 rings (SSSR count). The summed E-state index contributed by atoms with van der Waals surface area (Å²) in [4.78, 5) is 4.15. The van der Waals surface area contributed by atoms with E-state index in [1.807, 2.05) is 32.2 Å². The van der Waals surface area contributed by atoms with Gasteiger partial charge in [0.05, 0.1) is 6.04 Å². The number of halogens is 1. The van der Waals surface area contributed by atoms with E-state index < -0.39 is 0 Å². The summed E-state index contributed by atoms with van der Waals surface area (Å²) >= 11 is 0. The van der Waals surface area contributed by atoms with Crippen molar-refractivity contribution in [3.63, 3.8) is 0 Å². The maximum atomic E-state index is 13.8. The van der Waals surface area contributed by atoms with Gasteiger partial charge in [0.25, 0.3) is 0 Å². The minimum atomic E-state index is -0.193. The highest BCUT2D eigenvalue weighted by Gasteiger charge is 2.15. The molecule has 0 aliphatic carbocycles. The topological polar surface area (TPSA) is 24.9 Å². The molecule has 17 heavy (non-hydrogen) atoms. The van der Waals surface area contributed by atoms with Crippen molar-refractivity contribution < 1.29 is 4.39 Å². The molecule has 1 aromatic heterocycles. The number of hydrogen-bond donors (Lipinski definition) is 1. The Bertz CT molecular complexity index is 511. The predicted octanol–water partition coefficient (Wildman–Crippen LogP) is 2.84. The monoisotopic (exact) mass is 230 g/mol. The lowest BCUT2D eigenvalue weighted by molar-refractivity contribution is 0.576. The lowest BCUT2D eigenvalue weighted by Crippen LogP contribution is -2.19. The van der Waals surface area contributed by atoms with Crippen LogP contribution in [0.2, 0.25) is 0 Å². The fraction of sp³-hybridized carbons (Fsp3) is 0.214. The zero-order valence-corrected chi connectivity index (χ0v) is 9.94. The number of pyridine rings is 1. The molecule has 1 heterocycles. The molecule has 0 radical (unpaired) electrons. The van der Waals surface area contributed by atoms with Crippen molar-refractivity contribution >= 4 is 0 Å². The third-order valence-electron chi connectivity index (χ3n) is 2.76. The molecule has 1 atom stereocenters. The van der Waals surface area contributed by atoms with E-state index in [1.165, 1.54) is 6.07 Å². The molecule has 0 bridgehead atoms. The zero-order valence-electron chi connectivity index (χ0n) is 9.94. The standard InChI is InChI=1S/C14H15FN2/c1-10-9-11(7-8-17-10)14(16-2)12-5-3-4-6-13(12)15/h3-9,14,16H,1-2H3. The third kappa shape index (κ3) is 2.50. The number of aromatic nitrogens is 1. The minimum Gasteiger partial charge on any atom is -0.309 e. The van der Waals surface area contributed by atoms with Gasteiger partial charge in [-0.3, -0.25) is 4.98 Å². The van der Waals surface area contributed by atoms with Crippen molar-refractivity contribution in [2.75, 3.05) is 7.05 Å². The minimum absolute atomic E-state index is 0.141. The van der Waals surface area contributed by atoms with Crippen LogP contribution in [-0.4, -0.2) is 12.0 Å². The van der Waals surface area contributed by atoms with Crippen LogP contribution in [0.3, 0.4) is 0 Å². The van der Waals surface area contributed by atoms with Crippen LogP contribution >= 0.6 is 0 Å². The first kappa shape index (κ1) is 11.7. The van der Waals surface area contributed by atoms with Crippen molar-refractivity contribution in [2.24, 2.45) is 0 Å². The van der Waals surface area contributed by atoms with Crippen LogP contribution in [0, 0.1) is 12.7 Å². The summed E-state index contributed by atoms with van der Waals surface area (Å²) in [5.74, 6) is -0.193. The molecule has 0 aliphatic heterocycles. The first-order valence-corrected chi connectivity index (χ1v) is 5.56. The van der Waals surface area contributed by atoms with E-state index in [0.717, 1.165) is 11.3 Å². The summed E-state index contributed by atoms with van der Waals surface area (Å²) in [6.45, 7) is 1.93. The Balaban J connectivity index is 2.44. The second-order valence-electron chi connectivity index (χ2n) is 3.97. The Hall–Kier alpha value is -1.74. The van der Waals surface area contributed by atoms with E-state index in [-0.39, 0.29) is 11.9 Å². The highest BCUT2D eigenvalue weighted by atomic mass is 19.1. The highest BCUT2D eigenvalue weighted by Crippen LogP contribution is 2.23. The summed E-state index contributed by atoms with van der Waals surface area (Å²) in [5, 5.41) is 3.13. The summed E-state index contributed by atoms with van der Waals surface area (Å²) in [7, 11) is 1.83. The number of rotatable bonds is 3. The van der Waals surface area contributed by atoms with Crippen LogP contribution in [0.1, 0.15) is 22.9 Å². The fourth-order valence-electron chi connectivity index (χ4n) is 1.96. The van der Waals surface area contributed by atoms with Crippen LogP contribution in [0.5, 0.6) is 0 Å². The van der Waals surface area contributed by atoms with E-state index in [4.69, 9.17) is 0 Å². The molecule has 1 unspecified atom stereocenters. The molecular weight excluding hydrogens is 215 g/mol. The van der Waals surface area contributed by atoms with Crippen molar-refractivity contribution in [2.45, 2.75) is 13.0 Å².